The van der Waals surface area contributed by atoms with E-state index < -0.39 is 14.8 Å². The number of alkyl halides is 1. The molecule has 0 saturated heterocycles. The Morgan fingerprint density at radius 2 is 1.30 bits per heavy atom. The Bertz CT molecular complexity index is 812. The predicted molar refractivity (Wildman–Crippen MR) is 107 cm³/mol. The van der Waals surface area contributed by atoms with Crippen molar-refractivity contribution in [1.82, 2.24) is 4.31 Å². The third-order valence-corrected chi connectivity index (χ3v) is 8.23. The van der Waals surface area contributed by atoms with E-state index in [9.17, 15) is 8.42 Å². The number of sulfonamides is 1. The number of rotatable bonds is 9. The van der Waals surface area contributed by atoms with Crippen LogP contribution in [-0.4, -0.2) is 37.6 Å². The van der Waals surface area contributed by atoms with E-state index in [0.717, 1.165) is 22.6 Å². The van der Waals surface area contributed by atoms with Crippen molar-refractivity contribution >= 4 is 21.6 Å². The number of hydrogen-bond donors (Lipinski definition) is 0. The lowest BCUT2D eigenvalue weighted by atomic mass is 10.2. The lowest BCUT2D eigenvalue weighted by Gasteiger charge is -2.27. The summed E-state index contributed by atoms with van der Waals surface area (Å²) in [6, 6.07) is 14.9. The Hall–Kier alpha value is -1.76. The quantitative estimate of drug-likeness (QED) is 0.591. The first-order valence-electron chi connectivity index (χ1n) is 8.75. The van der Waals surface area contributed by atoms with Crippen molar-refractivity contribution in [2.75, 3.05) is 20.1 Å². The van der Waals surface area contributed by atoms with Gasteiger partial charge in [0.2, 0.25) is 10.0 Å². The monoisotopic (exact) mass is 409 g/mol. The smallest absolute Gasteiger partial charge is 0.221 e. The van der Waals surface area contributed by atoms with Crippen LogP contribution in [0.4, 0.5) is 0 Å². The van der Waals surface area contributed by atoms with Gasteiger partial charge in [-0.1, -0.05) is 24.3 Å². The summed E-state index contributed by atoms with van der Waals surface area (Å²) in [5.41, 5.74) is 1.80. The summed E-state index contributed by atoms with van der Waals surface area (Å²) < 4.78 is 37.7. The Balaban J connectivity index is 1.87. The van der Waals surface area contributed by atoms with Crippen molar-refractivity contribution in [1.29, 1.82) is 0 Å². The molecule has 5 nitrogen and oxygen atoms in total. The first kappa shape index (κ1) is 20.0. The molecule has 0 atom stereocenters. The second-order valence-electron chi connectivity index (χ2n) is 6.79. The van der Waals surface area contributed by atoms with E-state index in [2.05, 4.69) is 0 Å². The van der Waals surface area contributed by atoms with Crippen LogP contribution in [0.1, 0.15) is 24.0 Å². The molecular weight excluding hydrogens is 386 g/mol. The molecule has 0 unspecified atom stereocenters. The highest BCUT2D eigenvalue weighted by Gasteiger charge is 2.56. The molecule has 1 saturated carbocycles. The van der Waals surface area contributed by atoms with Crippen LogP contribution in [0.2, 0.25) is 0 Å². The molecule has 0 amide bonds. The number of ether oxygens (including phenoxy) is 2. The van der Waals surface area contributed by atoms with Gasteiger partial charge in [0.1, 0.15) is 16.2 Å². The topological polar surface area (TPSA) is 55.8 Å². The second-order valence-corrected chi connectivity index (χ2v) is 9.39. The Kier molecular flexibility index (Phi) is 5.99. The largest absolute Gasteiger partial charge is 0.497 e. The molecule has 1 aliphatic carbocycles. The maximum absolute atomic E-state index is 13.3. The van der Waals surface area contributed by atoms with Crippen LogP contribution in [-0.2, 0) is 23.1 Å². The molecule has 146 valence electrons. The third kappa shape index (κ3) is 4.23. The fourth-order valence-corrected chi connectivity index (χ4v) is 5.59. The van der Waals surface area contributed by atoms with Gasteiger partial charge in [0.15, 0.2) is 0 Å². The molecular formula is C20H24ClNO4S. The average Bonchev–Trinajstić information content (AvgIpc) is 3.50. The van der Waals surface area contributed by atoms with E-state index in [1.807, 2.05) is 48.5 Å². The van der Waals surface area contributed by atoms with Crippen molar-refractivity contribution in [2.24, 2.45) is 0 Å². The van der Waals surface area contributed by atoms with Gasteiger partial charge in [-0.2, -0.15) is 4.31 Å². The van der Waals surface area contributed by atoms with Gasteiger partial charge in [-0.15, -0.1) is 11.6 Å². The molecule has 0 aliphatic heterocycles. The van der Waals surface area contributed by atoms with E-state index in [0.29, 0.717) is 12.8 Å². The third-order valence-electron chi connectivity index (χ3n) is 4.97. The molecule has 0 bridgehead atoms. The fourth-order valence-electron chi connectivity index (χ4n) is 2.97. The molecule has 0 spiro atoms. The van der Waals surface area contributed by atoms with Gasteiger partial charge >= 0.3 is 0 Å². The standard InChI is InChI=1S/C20H24ClNO4S/c1-25-18-7-3-16(4-8-18)13-22(27(23,24)20(15-21)11-12-20)14-17-5-9-19(26-2)10-6-17/h3-10H,11-15H2,1-2H3. The Labute approximate surface area is 165 Å². The zero-order valence-corrected chi connectivity index (χ0v) is 17.1. The molecule has 3 rings (SSSR count). The van der Waals surface area contributed by atoms with Crippen molar-refractivity contribution < 1.29 is 17.9 Å². The first-order chi connectivity index (χ1) is 12.9. The molecule has 2 aromatic rings. The van der Waals surface area contributed by atoms with Gasteiger partial charge in [-0.05, 0) is 48.2 Å². The average molecular weight is 410 g/mol. The minimum absolute atomic E-state index is 0.122. The van der Waals surface area contributed by atoms with Crippen molar-refractivity contribution in [3.63, 3.8) is 0 Å². The lowest BCUT2D eigenvalue weighted by Crippen LogP contribution is -2.40. The van der Waals surface area contributed by atoms with Crippen LogP contribution < -0.4 is 9.47 Å². The van der Waals surface area contributed by atoms with E-state index in [-0.39, 0.29) is 19.0 Å². The van der Waals surface area contributed by atoms with E-state index >= 15 is 0 Å². The highest BCUT2D eigenvalue weighted by Crippen LogP contribution is 2.46. The van der Waals surface area contributed by atoms with E-state index in [4.69, 9.17) is 21.1 Å². The van der Waals surface area contributed by atoms with Gasteiger partial charge in [0.05, 0.1) is 14.2 Å². The molecule has 0 heterocycles. The summed E-state index contributed by atoms with van der Waals surface area (Å²) in [5, 5.41) is 0. The molecule has 1 aliphatic rings. The number of nitrogens with zero attached hydrogens (tertiary/aromatic N) is 1. The van der Waals surface area contributed by atoms with E-state index in [1.165, 1.54) is 4.31 Å². The minimum atomic E-state index is -3.53. The SMILES string of the molecule is COc1ccc(CN(Cc2ccc(OC)cc2)S(=O)(=O)C2(CCl)CC2)cc1. The highest BCUT2D eigenvalue weighted by atomic mass is 35.5. The van der Waals surface area contributed by atoms with Gasteiger partial charge in [-0.3, -0.25) is 0 Å². The Morgan fingerprint density at radius 1 is 0.889 bits per heavy atom. The highest BCUT2D eigenvalue weighted by molar-refractivity contribution is 7.90. The van der Waals surface area contributed by atoms with Crippen LogP contribution in [0.15, 0.2) is 48.5 Å². The number of hydrogen-bond acceptors (Lipinski definition) is 4. The molecule has 0 aromatic heterocycles. The summed E-state index contributed by atoms with van der Waals surface area (Å²) in [5.74, 6) is 1.60. The van der Waals surface area contributed by atoms with Crippen LogP contribution in [0, 0.1) is 0 Å². The minimum Gasteiger partial charge on any atom is -0.497 e. The predicted octanol–water partition coefficient (Wildman–Crippen LogP) is 3.81. The van der Waals surface area contributed by atoms with Crippen LogP contribution in [0.3, 0.4) is 0 Å². The van der Waals surface area contributed by atoms with Crippen molar-refractivity contribution in [3.8, 4) is 11.5 Å². The van der Waals surface area contributed by atoms with Crippen molar-refractivity contribution in [3.05, 3.63) is 59.7 Å². The van der Waals surface area contributed by atoms with Gasteiger partial charge in [0, 0.05) is 19.0 Å². The first-order valence-corrected chi connectivity index (χ1v) is 10.7. The van der Waals surface area contributed by atoms with Crippen LogP contribution >= 0.6 is 11.6 Å². The molecule has 7 heteroatoms. The molecule has 0 N–H and O–H groups in total. The molecule has 1 fully saturated rings. The molecule has 2 aromatic carbocycles. The Morgan fingerprint density at radius 3 is 1.59 bits per heavy atom. The van der Waals surface area contributed by atoms with Gasteiger partial charge < -0.3 is 9.47 Å². The number of methoxy groups -OCH3 is 2. The zero-order valence-electron chi connectivity index (χ0n) is 15.5. The normalized spacial score (nSPS) is 15.6. The molecule has 27 heavy (non-hydrogen) atoms. The summed E-state index contributed by atoms with van der Waals surface area (Å²) >= 11 is 6.03. The van der Waals surface area contributed by atoms with Crippen LogP contribution in [0.5, 0.6) is 11.5 Å². The summed E-state index contributed by atoms with van der Waals surface area (Å²) in [6.45, 7) is 0.577. The fraction of sp³-hybridized carbons (Fsp3) is 0.400. The van der Waals surface area contributed by atoms with Gasteiger partial charge in [-0.25, -0.2) is 8.42 Å². The van der Waals surface area contributed by atoms with E-state index in [1.54, 1.807) is 14.2 Å². The lowest BCUT2D eigenvalue weighted by molar-refractivity contribution is 0.391. The number of halogens is 1. The van der Waals surface area contributed by atoms with Gasteiger partial charge in [0.25, 0.3) is 0 Å². The summed E-state index contributed by atoms with van der Waals surface area (Å²) in [7, 11) is -0.321. The maximum atomic E-state index is 13.3. The zero-order chi connectivity index (χ0) is 19.5. The van der Waals surface area contributed by atoms with Crippen molar-refractivity contribution in [2.45, 2.75) is 30.7 Å². The maximum Gasteiger partial charge on any atom is 0.221 e. The number of benzene rings is 2. The summed E-state index contributed by atoms with van der Waals surface area (Å²) in [4.78, 5) is 0. The van der Waals surface area contributed by atoms with Crippen LogP contribution in [0.25, 0.3) is 0 Å². The molecule has 0 radical (unpaired) electrons. The second kappa shape index (κ2) is 8.09. The summed E-state index contributed by atoms with van der Waals surface area (Å²) in [6.07, 6.45) is 1.22.